The van der Waals surface area contributed by atoms with Gasteiger partial charge in [-0.15, -0.1) is 0 Å². The van der Waals surface area contributed by atoms with E-state index in [4.69, 9.17) is 14.4 Å². The lowest BCUT2D eigenvalue weighted by molar-refractivity contribution is 0.405. The van der Waals surface area contributed by atoms with Crippen molar-refractivity contribution in [3.63, 3.8) is 0 Å². The number of nitrogens with one attached hydrogen (secondary N) is 1. The van der Waals surface area contributed by atoms with Gasteiger partial charge in [-0.1, -0.05) is 0 Å². The molecule has 2 rings (SSSR count). The first kappa shape index (κ1) is 9.38. The van der Waals surface area contributed by atoms with E-state index >= 15 is 0 Å². The van der Waals surface area contributed by atoms with Crippen molar-refractivity contribution in [3.8, 4) is 0 Å². The fourth-order valence-electron chi connectivity index (χ4n) is 0.757. The number of nitrogens with zero attached hydrogens (tertiary/aromatic N) is 2. The number of aromatic amines is 1. The summed E-state index contributed by atoms with van der Waals surface area (Å²) in [7, 11) is -3.13. The summed E-state index contributed by atoms with van der Waals surface area (Å²) in [5, 5.41) is 6.63. The van der Waals surface area contributed by atoms with Crippen LogP contribution < -0.4 is 0 Å². The van der Waals surface area contributed by atoms with Crippen LogP contribution in [0, 0.1) is 0 Å². The van der Waals surface area contributed by atoms with Crippen LogP contribution in [0.1, 0.15) is 24.6 Å². The first-order chi connectivity index (χ1) is 5.70. The highest BCUT2D eigenvalue weighted by atomic mass is 31.1. The van der Waals surface area contributed by atoms with Crippen LogP contribution in [0.4, 0.5) is 0 Å². The van der Waals surface area contributed by atoms with E-state index in [-0.39, 0.29) is 0 Å². The van der Waals surface area contributed by atoms with Crippen LogP contribution in [-0.4, -0.2) is 25.0 Å². The van der Waals surface area contributed by atoms with Crippen LogP contribution in [0.25, 0.3) is 0 Å². The van der Waals surface area contributed by atoms with Crippen molar-refractivity contribution >= 4 is 8.25 Å². The summed E-state index contributed by atoms with van der Waals surface area (Å²) in [4.78, 5) is 18.3. The van der Waals surface area contributed by atoms with E-state index in [2.05, 4.69) is 15.2 Å². The van der Waals surface area contributed by atoms with Crippen molar-refractivity contribution in [2.75, 3.05) is 0 Å². The van der Waals surface area contributed by atoms with Gasteiger partial charge in [0.2, 0.25) is 0 Å². The third-order valence-corrected chi connectivity index (χ3v) is 1.38. The highest BCUT2D eigenvalue weighted by Crippen LogP contribution is 2.37. The van der Waals surface area contributed by atoms with Crippen molar-refractivity contribution in [3.05, 3.63) is 12.2 Å². The second-order valence-electron chi connectivity index (χ2n) is 2.41. The molecular formula is C5H10N3O3P. The summed E-state index contributed by atoms with van der Waals surface area (Å²) in [5.74, 6) is 1.67. The molecule has 3 N–H and O–H groups in total. The molecule has 0 aromatic carbocycles. The Balaban J connectivity index is 0.000000157. The molecule has 6 nitrogen and oxygen atoms in total. The maximum atomic E-state index is 8.74. The molecular weight excluding hydrogens is 181 g/mol. The van der Waals surface area contributed by atoms with Gasteiger partial charge in [-0.3, -0.25) is 9.66 Å². The van der Waals surface area contributed by atoms with Crippen LogP contribution in [0.15, 0.2) is 6.33 Å². The Hall–Kier alpha value is -0.710. The van der Waals surface area contributed by atoms with Crippen LogP contribution >= 0.6 is 8.25 Å². The number of rotatable bonds is 1. The molecule has 68 valence electrons. The van der Waals surface area contributed by atoms with Gasteiger partial charge in [0, 0.05) is 5.92 Å². The van der Waals surface area contributed by atoms with E-state index in [0.717, 1.165) is 5.82 Å². The molecule has 12 heavy (non-hydrogen) atoms. The van der Waals surface area contributed by atoms with Crippen molar-refractivity contribution in [1.29, 1.82) is 0 Å². The predicted octanol–water partition coefficient (Wildman–Crippen LogP) is 0.0428. The summed E-state index contributed by atoms with van der Waals surface area (Å²) < 4.78 is 8.74. The smallest absolute Gasteiger partial charge is 0.314 e. The number of hydrogen-bond acceptors (Lipinski definition) is 3. The first-order valence-corrected chi connectivity index (χ1v) is 4.78. The lowest BCUT2D eigenvalue weighted by Crippen LogP contribution is -1.79. The van der Waals surface area contributed by atoms with Crippen molar-refractivity contribution in [1.82, 2.24) is 15.2 Å². The van der Waals surface area contributed by atoms with Crippen molar-refractivity contribution in [2.45, 2.75) is 18.8 Å². The molecule has 0 radical (unpaired) electrons. The van der Waals surface area contributed by atoms with Gasteiger partial charge in [-0.2, -0.15) is 5.10 Å². The number of H-pyrrole nitrogens is 1. The van der Waals surface area contributed by atoms with E-state index < -0.39 is 8.25 Å². The Morgan fingerprint density at radius 3 is 2.50 bits per heavy atom. The van der Waals surface area contributed by atoms with E-state index in [1.807, 2.05) is 0 Å². The summed E-state index contributed by atoms with van der Waals surface area (Å²) in [6.45, 7) is 0. The van der Waals surface area contributed by atoms with Crippen LogP contribution in [-0.2, 0) is 4.57 Å². The molecule has 1 saturated carbocycles. The lowest BCUT2D eigenvalue weighted by Gasteiger charge is -1.78. The monoisotopic (exact) mass is 191 g/mol. The molecule has 1 aromatic rings. The van der Waals surface area contributed by atoms with E-state index in [1.165, 1.54) is 12.8 Å². The number of hydrogen-bond donors (Lipinski definition) is 3. The Morgan fingerprint density at radius 2 is 2.17 bits per heavy atom. The molecule has 0 spiro atoms. The first-order valence-electron chi connectivity index (χ1n) is 3.47. The topological polar surface area (TPSA) is 99.1 Å². The standard InChI is InChI=1S/C5H7N3.H3O3P/c1-2-4(1)5-6-3-7-8-5;1-4(2)3/h3-4H,1-2H2,(H,6,7,8);4H,(H2,1,2,3). The second-order valence-corrected chi connectivity index (χ2v) is 2.98. The van der Waals surface area contributed by atoms with Gasteiger partial charge in [0.1, 0.15) is 6.33 Å². The molecule has 0 atom stereocenters. The van der Waals surface area contributed by atoms with Gasteiger partial charge < -0.3 is 9.79 Å². The van der Waals surface area contributed by atoms with Crippen LogP contribution in [0.5, 0.6) is 0 Å². The fourth-order valence-corrected chi connectivity index (χ4v) is 0.757. The van der Waals surface area contributed by atoms with E-state index in [1.54, 1.807) is 6.33 Å². The quantitative estimate of drug-likeness (QED) is 0.544. The molecule has 0 bridgehead atoms. The molecule has 1 aromatic heterocycles. The van der Waals surface area contributed by atoms with Gasteiger partial charge in [-0.25, -0.2) is 4.98 Å². The normalized spacial score (nSPS) is 15.6. The SMILES string of the molecule is O=[PH](O)O.c1nc(C2CC2)n[nH]1. The predicted molar refractivity (Wildman–Crippen MR) is 41.8 cm³/mol. The highest BCUT2D eigenvalue weighted by Gasteiger charge is 2.26. The molecule has 0 aliphatic heterocycles. The minimum absolute atomic E-state index is 0.682. The zero-order valence-electron chi connectivity index (χ0n) is 6.27. The van der Waals surface area contributed by atoms with Gasteiger partial charge in [0.05, 0.1) is 0 Å². The lowest BCUT2D eigenvalue weighted by atomic mass is 10.4. The zero-order chi connectivity index (χ0) is 8.97. The maximum absolute atomic E-state index is 8.74. The average Bonchev–Trinajstić information content (AvgIpc) is 2.67. The Morgan fingerprint density at radius 1 is 1.58 bits per heavy atom. The van der Waals surface area contributed by atoms with Gasteiger partial charge in [-0.05, 0) is 12.8 Å². The largest absolute Gasteiger partial charge is 0.326 e. The Bertz CT molecular complexity index is 242. The highest BCUT2D eigenvalue weighted by molar-refractivity contribution is 7.30. The van der Waals surface area contributed by atoms with Gasteiger partial charge >= 0.3 is 8.25 Å². The molecule has 0 unspecified atom stereocenters. The Labute approximate surface area is 69.6 Å². The average molecular weight is 191 g/mol. The molecule has 1 aliphatic rings. The second kappa shape index (κ2) is 4.35. The van der Waals surface area contributed by atoms with Crippen LogP contribution in [0.3, 0.4) is 0 Å². The maximum Gasteiger partial charge on any atom is 0.314 e. The van der Waals surface area contributed by atoms with Gasteiger partial charge in [0.15, 0.2) is 5.82 Å². The minimum Gasteiger partial charge on any atom is -0.326 e. The molecule has 0 saturated heterocycles. The third kappa shape index (κ3) is 3.61. The molecule has 0 amide bonds. The van der Waals surface area contributed by atoms with Crippen molar-refractivity contribution < 1.29 is 14.4 Å². The zero-order valence-corrected chi connectivity index (χ0v) is 7.27. The molecule has 7 heteroatoms. The third-order valence-electron chi connectivity index (χ3n) is 1.38. The number of aromatic nitrogens is 3. The van der Waals surface area contributed by atoms with E-state index in [9.17, 15) is 0 Å². The van der Waals surface area contributed by atoms with E-state index in [0.29, 0.717) is 5.92 Å². The summed E-state index contributed by atoms with van der Waals surface area (Å²) in [6, 6.07) is 0. The fraction of sp³-hybridized carbons (Fsp3) is 0.600. The molecule has 1 fully saturated rings. The Kier molecular flexibility index (Phi) is 3.40. The van der Waals surface area contributed by atoms with Crippen molar-refractivity contribution in [2.24, 2.45) is 0 Å². The molecule has 1 heterocycles. The van der Waals surface area contributed by atoms with Crippen LogP contribution in [0.2, 0.25) is 0 Å². The minimum atomic E-state index is -3.13. The summed E-state index contributed by atoms with van der Waals surface area (Å²) >= 11 is 0. The summed E-state index contributed by atoms with van der Waals surface area (Å²) in [5.41, 5.74) is 0. The van der Waals surface area contributed by atoms with Gasteiger partial charge in [0.25, 0.3) is 0 Å². The molecule has 1 aliphatic carbocycles. The summed E-state index contributed by atoms with van der Waals surface area (Å²) in [6.07, 6.45) is 4.18.